The molecule has 0 unspecified atom stereocenters. The second kappa shape index (κ2) is 6.30. The lowest BCUT2D eigenvalue weighted by Gasteiger charge is -2.12. The molecule has 116 valence electrons. The summed E-state index contributed by atoms with van der Waals surface area (Å²) in [4.78, 5) is 37.9. The minimum absolute atomic E-state index is 0.0589. The number of carbonyl (C=O) groups excluding carboxylic acids is 2. The zero-order chi connectivity index (χ0) is 16.3. The van der Waals surface area contributed by atoms with Gasteiger partial charge in [0, 0.05) is 11.5 Å². The van der Waals surface area contributed by atoms with E-state index in [-0.39, 0.29) is 29.9 Å². The fraction of sp³-hybridized carbons (Fsp3) is 0.267. The van der Waals surface area contributed by atoms with Crippen LogP contribution in [0.2, 0.25) is 0 Å². The molecular weight excluding hydrogens is 290 g/mol. The highest BCUT2D eigenvalue weighted by atomic mass is 16.5. The van der Waals surface area contributed by atoms with Gasteiger partial charge in [-0.3, -0.25) is 4.79 Å². The molecule has 2 rings (SSSR count). The van der Waals surface area contributed by atoms with E-state index in [1.807, 2.05) is 0 Å². The van der Waals surface area contributed by atoms with Crippen LogP contribution in [0.3, 0.4) is 0 Å². The van der Waals surface area contributed by atoms with E-state index in [1.54, 1.807) is 13.8 Å². The first-order chi connectivity index (χ1) is 10.5. The fourth-order valence-corrected chi connectivity index (χ4v) is 2.06. The highest BCUT2D eigenvalue weighted by Crippen LogP contribution is 2.31. The molecule has 1 aromatic heterocycles. The zero-order valence-corrected chi connectivity index (χ0v) is 12.1. The quantitative estimate of drug-likeness (QED) is 0.831. The maximum absolute atomic E-state index is 12.0. The molecule has 2 aromatic rings. The van der Waals surface area contributed by atoms with Gasteiger partial charge in [0.2, 0.25) is 5.56 Å². The zero-order valence-electron chi connectivity index (χ0n) is 12.1. The highest BCUT2D eigenvalue weighted by Gasteiger charge is 2.26. The third-order valence-electron chi connectivity index (χ3n) is 2.97. The van der Waals surface area contributed by atoms with Crippen molar-refractivity contribution in [1.29, 1.82) is 0 Å². The van der Waals surface area contributed by atoms with Gasteiger partial charge in [-0.05, 0) is 26.0 Å². The SMILES string of the molecule is CCOC(=O)c1cc2ccc(=O)[nH]c2c(O)c1C(=O)OCC. The number of aromatic hydroxyl groups is 1. The summed E-state index contributed by atoms with van der Waals surface area (Å²) in [6, 6.07) is 4.06. The maximum atomic E-state index is 12.0. The number of fused-ring (bicyclic) bond motifs is 1. The van der Waals surface area contributed by atoms with E-state index in [9.17, 15) is 19.5 Å². The van der Waals surface area contributed by atoms with E-state index < -0.39 is 23.2 Å². The lowest BCUT2D eigenvalue weighted by Crippen LogP contribution is -2.15. The largest absolute Gasteiger partial charge is 0.505 e. The van der Waals surface area contributed by atoms with Gasteiger partial charge in [-0.2, -0.15) is 0 Å². The molecule has 0 saturated heterocycles. The predicted octanol–water partition coefficient (Wildman–Crippen LogP) is 1.59. The summed E-state index contributed by atoms with van der Waals surface area (Å²) in [7, 11) is 0. The van der Waals surface area contributed by atoms with E-state index in [1.165, 1.54) is 18.2 Å². The smallest absolute Gasteiger partial charge is 0.342 e. The second-order valence-electron chi connectivity index (χ2n) is 4.38. The van der Waals surface area contributed by atoms with Gasteiger partial charge >= 0.3 is 11.9 Å². The Balaban J connectivity index is 2.77. The van der Waals surface area contributed by atoms with Crippen LogP contribution in [-0.2, 0) is 9.47 Å². The van der Waals surface area contributed by atoms with Crippen LogP contribution in [0.5, 0.6) is 5.75 Å². The molecule has 0 atom stereocenters. The van der Waals surface area contributed by atoms with Gasteiger partial charge in [-0.15, -0.1) is 0 Å². The summed E-state index contributed by atoms with van der Waals surface area (Å²) < 4.78 is 9.75. The monoisotopic (exact) mass is 305 g/mol. The van der Waals surface area contributed by atoms with Crippen LogP contribution in [0.15, 0.2) is 23.0 Å². The standard InChI is InChI=1S/C15H15NO6/c1-3-21-14(19)9-7-8-5-6-10(17)16-12(8)13(18)11(9)15(20)22-4-2/h5-7,18H,3-4H2,1-2H3,(H,16,17). The van der Waals surface area contributed by atoms with Crippen LogP contribution in [-0.4, -0.2) is 35.2 Å². The number of nitrogens with one attached hydrogen (secondary N) is 1. The number of aromatic nitrogens is 1. The lowest BCUT2D eigenvalue weighted by molar-refractivity contribution is 0.0476. The first-order valence-electron chi connectivity index (χ1n) is 6.72. The molecule has 2 N–H and O–H groups in total. The molecule has 0 aliphatic rings. The Morgan fingerprint density at radius 1 is 1.14 bits per heavy atom. The molecule has 0 bridgehead atoms. The van der Waals surface area contributed by atoms with Gasteiger partial charge in [0.15, 0.2) is 5.75 Å². The number of H-pyrrole nitrogens is 1. The van der Waals surface area contributed by atoms with Crippen LogP contribution in [0.25, 0.3) is 10.9 Å². The molecule has 1 heterocycles. The Morgan fingerprint density at radius 2 is 1.77 bits per heavy atom. The lowest BCUT2D eigenvalue weighted by atomic mass is 10.0. The van der Waals surface area contributed by atoms with Crippen molar-refractivity contribution < 1.29 is 24.2 Å². The van der Waals surface area contributed by atoms with Crippen LogP contribution < -0.4 is 5.56 Å². The Labute approximate surface area is 125 Å². The molecule has 0 amide bonds. The molecule has 0 radical (unpaired) electrons. The fourth-order valence-electron chi connectivity index (χ4n) is 2.06. The van der Waals surface area contributed by atoms with E-state index in [0.29, 0.717) is 5.39 Å². The topological polar surface area (TPSA) is 106 Å². The maximum Gasteiger partial charge on any atom is 0.342 e. The van der Waals surface area contributed by atoms with Gasteiger partial charge in [0.25, 0.3) is 0 Å². The number of ether oxygens (including phenoxy) is 2. The Kier molecular flexibility index (Phi) is 4.45. The Bertz CT molecular complexity index is 792. The van der Waals surface area contributed by atoms with Gasteiger partial charge in [0.05, 0.1) is 24.3 Å². The van der Waals surface area contributed by atoms with E-state index >= 15 is 0 Å². The van der Waals surface area contributed by atoms with Crippen LogP contribution in [0, 0.1) is 0 Å². The summed E-state index contributed by atoms with van der Waals surface area (Å²) in [5, 5.41) is 10.7. The van der Waals surface area contributed by atoms with Gasteiger partial charge in [0.1, 0.15) is 5.56 Å². The van der Waals surface area contributed by atoms with Crippen molar-refractivity contribution in [2.24, 2.45) is 0 Å². The van der Waals surface area contributed by atoms with E-state index in [4.69, 9.17) is 9.47 Å². The summed E-state index contributed by atoms with van der Waals surface area (Å²) in [5.41, 5.74) is -0.822. The summed E-state index contributed by atoms with van der Waals surface area (Å²) in [6.45, 7) is 3.41. The Hall–Kier alpha value is -2.83. The number of phenols is 1. The number of aromatic amines is 1. The molecule has 7 nitrogen and oxygen atoms in total. The van der Waals surface area contributed by atoms with Crippen molar-refractivity contribution in [2.75, 3.05) is 13.2 Å². The number of esters is 2. The van der Waals surface area contributed by atoms with Crippen molar-refractivity contribution in [1.82, 2.24) is 4.98 Å². The van der Waals surface area contributed by atoms with E-state index in [0.717, 1.165) is 0 Å². The number of rotatable bonds is 4. The third kappa shape index (κ3) is 2.78. The molecule has 0 aliphatic heterocycles. The number of hydrogen-bond donors (Lipinski definition) is 2. The first kappa shape index (κ1) is 15.6. The van der Waals surface area contributed by atoms with Gasteiger partial charge in [-0.1, -0.05) is 0 Å². The molecule has 22 heavy (non-hydrogen) atoms. The van der Waals surface area contributed by atoms with Gasteiger partial charge in [-0.25, -0.2) is 9.59 Å². The molecule has 0 aliphatic carbocycles. The number of carbonyl (C=O) groups is 2. The number of pyridine rings is 1. The van der Waals surface area contributed by atoms with Crippen molar-refractivity contribution >= 4 is 22.8 Å². The third-order valence-corrected chi connectivity index (χ3v) is 2.97. The predicted molar refractivity (Wildman–Crippen MR) is 78.1 cm³/mol. The van der Waals surface area contributed by atoms with Crippen molar-refractivity contribution in [3.05, 3.63) is 39.7 Å². The summed E-state index contributed by atoms with van der Waals surface area (Å²) in [6.07, 6.45) is 0. The summed E-state index contributed by atoms with van der Waals surface area (Å²) in [5.74, 6) is -2.14. The van der Waals surface area contributed by atoms with E-state index in [2.05, 4.69) is 4.98 Å². The number of benzene rings is 1. The summed E-state index contributed by atoms with van der Waals surface area (Å²) >= 11 is 0. The number of phenolic OH excluding ortho intramolecular Hbond substituents is 1. The first-order valence-corrected chi connectivity index (χ1v) is 6.72. The van der Waals surface area contributed by atoms with Crippen LogP contribution in [0.4, 0.5) is 0 Å². The molecule has 0 fully saturated rings. The molecule has 0 saturated carbocycles. The van der Waals surface area contributed by atoms with Crippen molar-refractivity contribution in [3.8, 4) is 5.75 Å². The highest BCUT2D eigenvalue weighted by molar-refractivity contribution is 6.10. The average Bonchev–Trinajstić information content (AvgIpc) is 2.48. The van der Waals surface area contributed by atoms with Crippen molar-refractivity contribution in [2.45, 2.75) is 13.8 Å². The van der Waals surface area contributed by atoms with Crippen LogP contribution in [0.1, 0.15) is 34.6 Å². The molecule has 7 heteroatoms. The van der Waals surface area contributed by atoms with Gasteiger partial charge < -0.3 is 19.6 Å². The minimum atomic E-state index is -0.866. The molecule has 0 spiro atoms. The van der Waals surface area contributed by atoms with Crippen LogP contribution >= 0.6 is 0 Å². The molecule has 1 aromatic carbocycles. The number of hydrogen-bond acceptors (Lipinski definition) is 6. The average molecular weight is 305 g/mol. The normalized spacial score (nSPS) is 10.5. The Morgan fingerprint density at radius 3 is 2.41 bits per heavy atom. The molecular formula is C15H15NO6. The second-order valence-corrected chi connectivity index (χ2v) is 4.38. The van der Waals surface area contributed by atoms with Crippen molar-refractivity contribution in [3.63, 3.8) is 0 Å². The minimum Gasteiger partial charge on any atom is -0.505 e.